The molecule has 0 radical (unpaired) electrons. The quantitative estimate of drug-likeness (QED) is 0.508. The number of hydrogen-bond acceptors (Lipinski definition) is 4. The van der Waals surface area contributed by atoms with Crippen molar-refractivity contribution in [3.05, 3.63) is 57.8 Å². The standard InChI is InChI=1S/C18H16N2OS2/c1-11-16(22-2)10-23-17(11)18(21)20-15-8-7-12(9-19)13-5-3-4-6-14(13)15/h3-10,19H,1-2H3,(H,20,21). The van der Waals surface area contributed by atoms with E-state index < -0.39 is 0 Å². The van der Waals surface area contributed by atoms with E-state index in [-0.39, 0.29) is 5.91 Å². The highest BCUT2D eigenvalue weighted by Crippen LogP contribution is 2.31. The van der Waals surface area contributed by atoms with Gasteiger partial charge in [0.05, 0.1) is 4.88 Å². The Morgan fingerprint density at radius 1 is 1.22 bits per heavy atom. The molecular formula is C18H16N2OS2. The third kappa shape index (κ3) is 2.90. The van der Waals surface area contributed by atoms with Gasteiger partial charge in [0.1, 0.15) is 0 Å². The summed E-state index contributed by atoms with van der Waals surface area (Å²) in [6.45, 7) is 1.98. The third-order valence-electron chi connectivity index (χ3n) is 3.78. The Balaban J connectivity index is 2.00. The predicted octanol–water partition coefficient (Wildman–Crippen LogP) is 5.18. The molecule has 0 aliphatic carbocycles. The van der Waals surface area contributed by atoms with Crippen molar-refractivity contribution in [2.45, 2.75) is 11.8 Å². The number of rotatable bonds is 4. The Bertz CT molecular complexity index is 899. The Kier molecular flexibility index (Phi) is 4.50. The monoisotopic (exact) mass is 340 g/mol. The summed E-state index contributed by atoms with van der Waals surface area (Å²) in [5, 5.41) is 14.5. The summed E-state index contributed by atoms with van der Waals surface area (Å²) in [6.07, 6.45) is 3.35. The highest BCUT2D eigenvalue weighted by Gasteiger charge is 2.15. The Morgan fingerprint density at radius 3 is 2.61 bits per heavy atom. The fourth-order valence-corrected chi connectivity index (χ4v) is 4.41. The smallest absolute Gasteiger partial charge is 0.266 e. The molecule has 0 bridgehead atoms. The SMILES string of the molecule is CSc1csc(C(=O)Nc2ccc(C=N)c3ccccc23)c1C. The second kappa shape index (κ2) is 6.56. The number of amides is 1. The van der Waals surface area contributed by atoms with Crippen LogP contribution >= 0.6 is 23.1 Å². The van der Waals surface area contributed by atoms with Gasteiger partial charge in [0.2, 0.25) is 0 Å². The number of anilines is 1. The van der Waals surface area contributed by atoms with Gasteiger partial charge in [-0.15, -0.1) is 23.1 Å². The van der Waals surface area contributed by atoms with Crippen LogP contribution in [0.15, 0.2) is 46.7 Å². The van der Waals surface area contributed by atoms with Crippen LogP contribution in [0.2, 0.25) is 0 Å². The minimum absolute atomic E-state index is 0.0828. The van der Waals surface area contributed by atoms with Crippen LogP contribution in [-0.2, 0) is 0 Å². The zero-order chi connectivity index (χ0) is 16.4. The fraction of sp³-hybridized carbons (Fsp3) is 0.111. The van der Waals surface area contributed by atoms with Crippen LogP contribution in [0.4, 0.5) is 5.69 Å². The van der Waals surface area contributed by atoms with E-state index >= 15 is 0 Å². The molecule has 0 saturated heterocycles. The molecule has 23 heavy (non-hydrogen) atoms. The highest BCUT2D eigenvalue weighted by molar-refractivity contribution is 7.98. The zero-order valence-corrected chi connectivity index (χ0v) is 14.5. The van der Waals surface area contributed by atoms with Crippen molar-refractivity contribution in [1.29, 1.82) is 5.41 Å². The number of nitrogens with one attached hydrogen (secondary N) is 2. The Labute approximate surface area is 143 Å². The van der Waals surface area contributed by atoms with E-state index in [1.54, 1.807) is 11.8 Å². The fourth-order valence-electron chi connectivity index (χ4n) is 2.56. The normalized spacial score (nSPS) is 10.7. The molecule has 1 aromatic heterocycles. The summed E-state index contributed by atoms with van der Waals surface area (Å²) < 4.78 is 0. The molecule has 0 unspecified atom stereocenters. The van der Waals surface area contributed by atoms with Crippen LogP contribution in [0.3, 0.4) is 0 Å². The van der Waals surface area contributed by atoms with E-state index in [2.05, 4.69) is 5.32 Å². The number of benzene rings is 2. The molecule has 0 atom stereocenters. The first-order valence-electron chi connectivity index (χ1n) is 7.11. The number of carbonyl (C=O) groups excluding carboxylic acids is 1. The van der Waals surface area contributed by atoms with Gasteiger partial charge in [-0.1, -0.05) is 30.3 Å². The molecule has 1 amide bonds. The van der Waals surface area contributed by atoms with Crippen molar-refractivity contribution in [2.24, 2.45) is 0 Å². The van der Waals surface area contributed by atoms with Crippen LogP contribution in [0.25, 0.3) is 10.8 Å². The van der Waals surface area contributed by atoms with Gasteiger partial charge in [0.25, 0.3) is 5.91 Å². The van der Waals surface area contributed by atoms with Gasteiger partial charge >= 0.3 is 0 Å². The molecular weight excluding hydrogens is 324 g/mol. The second-order valence-electron chi connectivity index (χ2n) is 5.10. The van der Waals surface area contributed by atoms with Gasteiger partial charge < -0.3 is 10.7 Å². The van der Waals surface area contributed by atoms with Crippen molar-refractivity contribution < 1.29 is 4.79 Å². The molecule has 0 spiro atoms. The van der Waals surface area contributed by atoms with Crippen LogP contribution in [-0.4, -0.2) is 18.4 Å². The number of hydrogen-bond donors (Lipinski definition) is 2. The summed E-state index contributed by atoms with van der Waals surface area (Å²) in [5.74, 6) is -0.0828. The molecule has 0 aliphatic rings. The van der Waals surface area contributed by atoms with Gasteiger partial charge in [0, 0.05) is 27.6 Å². The Morgan fingerprint density at radius 2 is 1.96 bits per heavy atom. The summed E-state index contributed by atoms with van der Waals surface area (Å²) in [7, 11) is 0. The lowest BCUT2D eigenvalue weighted by Crippen LogP contribution is -2.12. The van der Waals surface area contributed by atoms with E-state index in [9.17, 15) is 4.79 Å². The zero-order valence-electron chi connectivity index (χ0n) is 12.8. The molecule has 0 aliphatic heterocycles. The van der Waals surface area contributed by atoms with Crippen LogP contribution in [0.5, 0.6) is 0 Å². The number of carbonyl (C=O) groups is 1. The molecule has 116 valence electrons. The van der Waals surface area contributed by atoms with Crippen molar-refractivity contribution >= 4 is 51.7 Å². The molecule has 2 N–H and O–H groups in total. The molecule has 3 aromatic rings. The number of thioether (sulfide) groups is 1. The van der Waals surface area contributed by atoms with Crippen molar-refractivity contribution in [3.63, 3.8) is 0 Å². The first-order chi connectivity index (χ1) is 11.2. The lowest BCUT2D eigenvalue weighted by atomic mass is 10.0. The van der Waals surface area contributed by atoms with Gasteiger partial charge in [-0.05, 0) is 35.8 Å². The summed E-state index contributed by atoms with van der Waals surface area (Å²) in [6, 6.07) is 11.5. The maximum Gasteiger partial charge on any atom is 0.266 e. The van der Waals surface area contributed by atoms with E-state index in [1.807, 2.05) is 55.0 Å². The lowest BCUT2D eigenvalue weighted by molar-refractivity contribution is 0.103. The van der Waals surface area contributed by atoms with Crippen LogP contribution < -0.4 is 5.32 Å². The van der Waals surface area contributed by atoms with E-state index in [1.165, 1.54) is 17.6 Å². The molecule has 2 aromatic carbocycles. The maximum atomic E-state index is 12.6. The highest BCUT2D eigenvalue weighted by atomic mass is 32.2. The molecule has 1 heterocycles. The van der Waals surface area contributed by atoms with E-state index in [0.29, 0.717) is 0 Å². The van der Waals surface area contributed by atoms with Crippen molar-refractivity contribution in [3.8, 4) is 0 Å². The van der Waals surface area contributed by atoms with Gasteiger partial charge in [-0.2, -0.15) is 0 Å². The van der Waals surface area contributed by atoms with Crippen molar-refractivity contribution in [1.82, 2.24) is 0 Å². The number of fused-ring (bicyclic) bond motifs is 1. The Hall–Kier alpha value is -2.11. The summed E-state index contributed by atoms with van der Waals surface area (Å²) in [4.78, 5) is 14.5. The van der Waals surface area contributed by atoms with Gasteiger partial charge in [0.15, 0.2) is 0 Å². The molecule has 0 fully saturated rings. The molecule has 3 rings (SSSR count). The van der Waals surface area contributed by atoms with E-state index in [0.717, 1.165) is 37.4 Å². The topological polar surface area (TPSA) is 53.0 Å². The second-order valence-corrected chi connectivity index (χ2v) is 6.83. The first-order valence-corrected chi connectivity index (χ1v) is 9.21. The minimum Gasteiger partial charge on any atom is -0.321 e. The summed E-state index contributed by atoms with van der Waals surface area (Å²) in [5.41, 5.74) is 2.64. The average Bonchev–Trinajstić information content (AvgIpc) is 2.96. The largest absolute Gasteiger partial charge is 0.321 e. The van der Waals surface area contributed by atoms with Gasteiger partial charge in [-0.25, -0.2) is 0 Å². The summed E-state index contributed by atoms with van der Waals surface area (Å²) >= 11 is 3.12. The average molecular weight is 340 g/mol. The molecule has 0 saturated carbocycles. The first kappa shape index (κ1) is 15.8. The maximum absolute atomic E-state index is 12.6. The van der Waals surface area contributed by atoms with Crippen molar-refractivity contribution in [2.75, 3.05) is 11.6 Å². The van der Waals surface area contributed by atoms with E-state index in [4.69, 9.17) is 5.41 Å². The van der Waals surface area contributed by atoms with Crippen LogP contribution in [0.1, 0.15) is 20.8 Å². The molecule has 3 nitrogen and oxygen atoms in total. The number of thiophene rings is 1. The predicted molar refractivity (Wildman–Crippen MR) is 101 cm³/mol. The third-order valence-corrected chi connectivity index (χ3v) is 5.88. The lowest BCUT2D eigenvalue weighted by Gasteiger charge is -2.10. The van der Waals surface area contributed by atoms with Crippen LogP contribution in [0, 0.1) is 12.3 Å². The minimum atomic E-state index is -0.0828. The van der Waals surface area contributed by atoms with Gasteiger partial charge in [-0.3, -0.25) is 4.79 Å². The molecule has 5 heteroatoms.